The minimum atomic E-state index is 0.518. The molecule has 0 aliphatic heterocycles. The van der Waals surface area contributed by atoms with Crippen LogP contribution in [-0.4, -0.2) is 4.98 Å². The minimum absolute atomic E-state index is 0.518. The molecule has 2 rings (SSSR count). The molecular weight excluding hydrogens is 282 g/mol. The molecule has 0 bridgehead atoms. The zero-order chi connectivity index (χ0) is 11.5. The second-order valence-electron chi connectivity index (χ2n) is 4.09. The molecule has 84 valence electrons. The molecule has 0 aliphatic rings. The van der Waals surface area contributed by atoms with Gasteiger partial charge in [-0.25, -0.2) is 4.98 Å². The van der Waals surface area contributed by atoms with Crippen molar-refractivity contribution in [2.45, 2.75) is 26.2 Å². The zero-order valence-electron chi connectivity index (χ0n) is 9.40. The van der Waals surface area contributed by atoms with E-state index in [0.29, 0.717) is 5.92 Å². The third-order valence-electron chi connectivity index (χ3n) is 2.46. The van der Waals surface area contributed by atoms with Crippen molar-refractivity contribution < 1.29 is 0 Å². The van der Waals surface area contributed by atoms with Crippen LogP contribution in [0, 0.1) is 0 Å². The van der Waals surface area contributed by atoms with E-state index < -0.39 is 0 Å². The number of hydrogen-bond donors (Lipinski definition) is 0. The first-order chi connectivity index (χ1) is 7.66. The predicted octanol–water partition coefficient (Wildman–Crippen LogP) is 4.62. The van der Waals surface area contributed by atoms with Crippen LogP contribution in [0.25, 0.3) is 0 Å². The Hall–Kier alpha value is -0.670. The Kier molecular flexibility index (Phi) is 3.77. The molecule has 0 N–H and O–H groups in total. The van der Waals surface area contributed by atoms with Gasteiger partial charge in [-0.15, -0.1) is 11.3 Å². The zero-order valence-corrected chi connectivity index (χ0v) is 11.8. The minimum Gasteiger partial charge on any atom is -0.246 e. The average Bonchev–Trinajstić information content (AvgIpc) is 2.70. The van der Waals surface area contributed by atoms with Gasteiger partial charge in [-0.2, -0.15) is 0 Å². The third-order valence-corrected chi connectivity index (χ3v) is 4.10. The molecule has 1 nitrogen and oxygen atoms in total. The SMILES string of the molecule is CC(C)c1csc(Cc2ccccc2Br)n1. The Bertz CT molecular complexity index is 476. The number of thiazole rings is 1. The van der Waals surface area contributed by atoms with Crippen molar-refractivity contribution in [3.63, 3.8) is 0 Å². The highest BCUT2D eigenvalue weighted by Gasteiger charge is 2.07. The summed E-state index contributed by atoms with van der Waals surface area (Å²) in [5, 5.41) is 3.35. The fourth-order valence-corrected chi connectivity index (χ4v) is 2.88. The summed E-state index contributed by atoms with van der Waals surface area (Å²) in [6.07, 6.45) is 0.915. The van der Waals surface area contributed by atoms with Crippen LogP contribution < -0.4 is 0 Å². The number of nitrogens with zero attached hydrogens (tertiary/aromatic N) is 1. The quantitative estimate of drug-likeness (QED) is 0.805. The van der Waals surface area contributed by atoms with E-state index in [9.17, 15) is 0 Å². The number of rotatable bonds is 3. The monoisotopic (exact) mass is 295 g/mol. The summed E-state index contributed by atoms with van der Waals surface area (Å²) in [6.45, 7) is 4.36. The highest BCUT2D eigenvalue weighted by Crippen LogP contribution is 2.23. The van der Waals surface area contributed by atoms with Crippen LogP contribution in [0.2, 0.25) is 0 Å². The van der Waals surface area contributed by atoms with Gasteiger partial charge in [-0.1, -0.05) is 48.0 Å². The van der Waals surface area contributed by atoms with Gasteiger partial charge in [0.25, 0.3) is 0 Å². The van der Waals surface area contributed by atoms with Crippen LogP contribution >= 0.6 is 27.3 Å². The van der Waals surface area contributed by atoms with Crippen molar-refractivity contribution in [3.8, 4) is 0 Å². The van der Waals surface area contributed by atoms with Crippen LogP contribution in [0.15, 0.2) is 34.1 Å². The normalized spacial score (nSPS) is 11.0. The van der Waals surface area contributed by atoms with Gasteiger partial charge in [0.05, 0.1) is 10.7 Å². The maximum absolute atomic E-state index is 4.64. The molecule has 1 heterocycles. The van der Waals surface area contributed by atoms with Crippen molar-refractivity contribution in [1.82, 2.24) is 4.98 Å². The van der Waals surface area contributed by atoms with Crippen LogP contribution in [0.5, 0.6) is 0 Å². The summed E-state index contributed by atoms with van der Waals surface area (Å²) in [6, 6.07) is 8.32. The maximum Gasteiger partial charge on any atom is 0.0972 e. The summed E-state index contributed by atoms with van der Waals surface area (Å²) in [5.41, 5.74) is 2.50. The Morgan fingerprint density at radius 2 is 2.06 bits per heavy atom. The topological polar surface area (TPSA) is 12.9 Å². The summed E-state index contributed by atoms with van der Waals surface area (Å²) in [7, 11) is 0. The second-order valence-corrected chi connectivity index (χ2v) is 5.89. The summed E-state index contributed by atoms with van der Waals surface area (Å²) in [5.74, 6) is 0.518. The first kappa shape index (κ1) is 11.8. The lowest BCUT2D eigenvalue weighted by atomic mass is 10.1. The number of aromatic nitrogens is 1. The van der Waals surface area contributed by atoms with Gasteiger partial charge in [0.15, 0.2) is 0 Å². The molecule has 0 saturated carbocycles. The van der Waals surface area contributed by atoms with Gasteiger partial charge in [0.2, 0.25) is 0 Å². The fourth-order valence-electron chi connectivity index (χ4n) is 1.48. The molecule has 1 aromatic carbocycles. The molecule has 3 heteroatoms. The van der Waals surface area contributed by atoms with E-state index in [4.69, 9.17) is 0 Å². The lowest BCUT2D eigenvalue weighted by Crippen LogP contribution is -1.91. The number of hydrogen-bond acceptors (Lipinski definition) is 2. The number of benzene rings is 1. The van der Waals surface area contributed by atoms with E-state index in [2.05, 4.69) is 58.3 Å². The Morgan fingerprint density at radius 1 is 1.31 bits per heavy atom. The van der Waals surface area contributed by atoms with Crippen molar-refractivity contribution >= 4 is 27.3 Å². The lowest BCUT2D eigenvalue weighted by Gasteiger charge is -2.01. The van der Waals surface area contributed by atoms with E-state index >= 15 is 0 Å². The molecule has 0 amide bonds. The van der Waals surface area contributed by atoms with Crippen molar-refractivity contribution in [2.24, 2.45) is 0 Å². The number of halogens is 1. The van der Waals surface area contributed by atoms with Crippen molar-refractivity contribution in [1.29, 1.82) is 0 Å². The predicted molar refractivity (Wildman–Crippen MR) is 73.2 cm³/mol. The van der Waals surface area contributed by atoms with Crippen LogP contribution in [0.1, 0.15) is 36.0 Å². The van der Waals surface area contributed by atoms with E-state index in [1.807, 2.05) is 6.07 Å². The molecule has 0 spiro atoms. The first-order valence-corrected chi connectivity index (χ1v) is 7.02. The van der Waals surface area contributed by atoms with Gasteiger partial charge in [-0.3, -0.25) is 0 Å². The smallest absolute Gasteiger partial charge is 0.0972 e. The van der Waals surface area contributed by atoms with Crippen LogP contribution in [0.3, 0.4) is 0 Å². The summed E-state index contributed by atoms with van der Waals surface area (Å²) >= 11 is 5.32. The Morgan fingerprint density at radius 3 is 2.69 bits per heavy atom. The van der Waals surface area contributed by atoms with Crippen molar-refractivity contribution in [2.75, 3.05) is 0 Å². The molecular formula is C13H14BrNS. The van der Waals surface area contributed by atoms with Gasteiger partial charge in [0.1, 0.15) is 0 Å². The first-order valence-electron chi connectivity index (χ1n) is 5.34. The molecule has 2 aromatic rings. The molecule has 0 fully saturated rings. The molecule has 0 saturated heterocycles. The fraction of sp³-hybridized carbons (Fsp3) is 0.308. The van der Waals surface area contributed by atoms with Gasteiger partial charge in [-0.05, 0) is 17.5 Å². The van der Waals surface area contributed by atoms with E-state index in [0.717, 1.165) is 10.9 Å². The molecule has 1 aromatic heterocycles. The molecule has 0 atom stereocenters. The van der Waals surface area contributed by atoms with Gasteiger partial charge < -0.3 is 0 Å². The van der Waals surface area contributed by atoms with Crippen LogP contribution in [0.4, 0.5) is 0 Å². The van der Waals surface area contributed by atoms with Gasteiger partial charge >= 0.3 is 0 Å². The third kappa shape index (κ3) is 2.71. The highest BCUT2D eigenvalue weighted by atomic mass is 79.9. The molecule has 0 radical (unpaired) electrons. The van der Waals surface area contributed by atoms with E-state index in [-0.39, 0.29) is 0 Å². The van der Waals surface area contributed by atoms with Crippen molar-refractivity contribution in [3.05, 3.63) is 50.4 Å². The molecule has 0 unspecified atom stereocenters. The largest absolute Gasteiger partial charge is 0.246 e. The van der Waals surface area contributed by atoms with Gasteiger partial charge in [0, 0.05) is 16.3 Å². The standard InChI is InChI=1S/C13H14BrNS/c1-9(2)12-8-16-13(15-12)7-10-5-3-4-6-11(10)14/h3-6,8-9H,7H2,1-2H3. The maximum atomic E-state index is 4.64. The Labute approximate surface area is 109 Å². The second kappa shape index (κ2) is 5.11. The molecule has 0 aliphatic carbocycles. The summed E-state index contributed by atoms with van der Waals surface area (Å²) < 4.78 is 1.16. The van der Waals surface area contributed by atoms with Crippen LogP contribution in [-0.2, 0) is 6.42 Å². The van der Waals surface area contributed by atoms with E-state index in [1.54, 1.807) is 11.3 Å². The lowest BCUT2D eigenvalue weighted by molar-refractivity contribution is 0.825. The Balaban J connectivity index is 2.18. The average molecular weight is 296 g/mol. The summed E-state index contributed by atoms with van der Waals surface area (Å²) in [4.78, 5) is 4.64. The molecule has 16 heavy (non-hydrogen) atoms. The van der Waals surface area contributed by atoms with E-state index in [1.165, 1.54) is 16.3 Å². The highest BCUT2D eigenvalue weighted by molar-refractivity contribution is 9.10.